The van der Waals surface area contributed by atoms with Crippen LogP contribution in [0, 0.1) is 0 Å². The van der Waals surface area contributed by atoms with Crippen molar-refractivity contribution in [1.29, 1.82) is 0 Å². The summed E-state index contributed by atoms with van der Waals surface area (Å²) in [7, 11) is 0. The van der Waals surface area contributed by atoms with E-state index in [1.54, 1.807) is 24.3 Å². The highest BCUT2D eigenvalue weighted by molar-refractivity contribution is 7.13. The lowest BCUT2D eigenvalue weighted by Crippen LogP contribution is -2.21. The summed E-state index contributed by atoms with van der Waals surface area (Å²) in [5.41, 5.74) is 0.639. The van der Waals surface area contributed by atoms with Crippen molar-refractivity contribution in [3.05, 3.63) is 40.9 Å². The molecule has 1 fully saturated rings. The van der Waals surface area contributed by atoms with Gasteiger partial charge in [0.05, 0.1) is 6.04 Å². The number of thiazole rings is 1. The third-order valence-corrected chi connectivity index (χ3v) is 4.02. The number of urea groups is 1. The molecule has 1 aliphatic rings. The molecule has 1 aromatic heterocycles. The molecule has 0 aliphatic carbocycles. The van der Waals surface area contributed by atoms with Crippen molar-refractivity contribution in [1.82, 2.24) is 15.6 Å². The fraction of sp³-hybridized carbons (Fsp3) is 0.231. The maximum absolute atomic E-state index is 12.5. The fourth-order valence-electron chi connectivity index (χ4n) is 2.05. The molecule has 8 heteroatoms. The first-order valence-electron chi connectivity index (χ1n) is 6.11. The van der Waals surface area contributed by atoms with Crippen LogP contribution in [0.4, 0.5) is 18.0 Å². The number of benzene rings is 1. The number of nitrogens with one attached hydrogen (secondary N) is 2. The number of alkyl halides is 3. The van der Waals surface area contributed by atoms with Crippen LogP contribution >= 0.6 is 11.3 Å². The fourth-order valence-corrected chi connectivity index (χ4v) is 2.88. The van der Waals surface area contributed by atoms with E-state index in [1.807, 2.05) is 0 Å². The minimum absolute atomic E-state index is 0.117. The second-order valence-electron chi connectivity index (χ2n) is 4.56. The maximum atomic E-state index is 12.5. The van der Waals surface area contributed by atoms with Gasteiger partial charge >= 0.3 is 12.2 Å². The Morgan fingerprint density at radius 2 is 1.95 bits per heavy atom. The minimum Gasteiger partial charge on any atom is -0.336 e. The zero-order valence-electron chi connectivity index (χ0n) is 10.6. The number of hydrogen-bond acceptors (Lipinski definition) is 3. The normalized spacial score (nSPS) is 18.4. The predicted octanol–water partition coefficient (Wildman–Crippen LogP) is 3.18. The first kappa shape index (κ1) is 13.9. The topological polar surface area (TPSA) is 54.0 Å². The molecule has 110 valence electrons. The van der Waals surface area contributed by atoms with E-state index in [-0.39, 0.29) is 12.1 Å². The summed E-state index contributed by atoms with van der Waals surface area (Å²) in [6, 6.07) is 6.63. The molecule has 1 unspecified atom stereocenters. The molecule has 1 aromatic carbocycles. The van der Waals surface area contributed by atoms with E-state index in [0.29, 0.717) is 17.1 Å². The molecule has 0 saturated carbocycles. The molecule has 1 atom stereocenters. The number of nitrogens with zero attached hydrogens (tertiary/aromatic N) is 1. The van der Waals surface area contributed by atoms with Gasteiger partial charge in [-0.1, -0.05) is 24.3 Å². The Labute approximate surface area is 122 Å². The van der Waals surface area contributed by atoms with Gasteiger partial charge in [-0.2, -0.15) is 13.2 Å². The molecule has 21 heavy (non-hydrogen) atoms. The summed E-state index contributed by atoms with van der Waals surface area (Å²) in [4.78, 5) is 14.7. The molecule has 0 radical (unpaired) electrons. The number of amides is 2. The van der Waals surface area contributed by atoms with Crippen LogP contribution in [-0.4, -0.2) is 17.6 Å². The van der Waals surface area contributed by atoms with Crippen LogP contribution in [0.1, 0.15) is 17.3 Å². The van der Waals surface area contributed by atoms with Crippen molar-refractivity contribution >= 4 is 17.4 Å². The van der Waals surface area contributed by atoms with Gasteiger partial charge in [-0.15, -0.1) is 11.3 Å². The van der Waals surface area contributed by atoms with Gasteiger partial charge in [0.1, 0.15) is 5.01 Å². The third kappa shape index (κ3) is 2.85. The lowest BCUT2D eigenvalue weighted by molar-refractivity contribution is -0.140. The zero-order valence-corrected chi connectivity index (χ0v) is 11.4. The largest absolute Gasteiger partial charge is 0.434 e. The summed E-state index contributed by atoms with van der Waals surface area (Å²) >= 11 is 0.955. The maximum Gasteiger partial charge on any atom is 0.434 e. The molecule has 2 amide bonds. The number of carbonyl (C=O) groups excluding carboxylic acids is 1. The van der Waals surface area contributed by atoms with Gasteiger partial charge in [-0.25, -0.2) is 9.78 Å². The van der Waals surface area contributed by atoms with Crippen LogP contribution in [0.3, 0.4) is 0 Å². The highest BCUT2D eigenvalue weighted by Gasteiger charge is 2.33. The summed E-state index contributed by atoms with van der Waals surface area (Å²) in [6.45, 7) is 0.494. The summed E-state index contributed by atoms with van der Waals surface area (Å²) in [6.07, 6.45) is -4.42. The van der Waals surface area contributed by atoms with E-state index in [2.05, 4.69) is 15.6 Å². The van der Waals surface area contributed by atoms with Gasteiger partial charge in [0.2, 0.25) is 0 Å². The van der Waals surface area contributed by atoms with E-state index in [9.17, 15) is 18.0 Å². The van der Waals surface area contributed by atoms with Crippen LogP contribution in [0.2, 0.25) is 0 Å². The van der Waals surface area contributed by atoms with E-state index >= 15 is 0 Å². The Bertz CT molecular complexity index is 666. The Balaban J connectivity index is 1.81. The van der Waals surface area contributed by atoms with Gasteiger partial charge in [-0.05, 0) is 5.56 Å². The van der Waals surface area contributed by atoms with Crippen LogP contribution < -0.4 is 10.6 Å². The molecule has 0 bridgehead atoms. The lowest BCUT2D eigenvalue weighted by atomic mass is 10.1. The van der Waals surface area contributed by atoms with E-state index in [4.69, 9.17) is 0 Å². The molecule has 3 rings (SSSR count). The summed E-state index contributed by atoms with van der Waals surface area (Å²) in [5.74, 6) is 0. The molecule has 1 aliphatic heterocycles. The monoisotopic (exact) mass is 313 g/mol. The SMILES string of the molecule is O=C1NCC(c2ccc(-c3nc(C(F)(F)F)cs3)cc2)N1. The van der Waals surface area contributed by atoms with Gasteiger partial charge in [0.25, 0.3) is 0 Å². The number of carbonyl (C=O) groups is 1. The van der Waals surface area contributed by atoms with E-state index in [0.717, 1.165) is 22.3 Å². The first-order chi connectivity index (χ1) is 9.93. The minimum atomic E-state index is -4.42. The van der Waals surface area contributed by atoms with Crippen LogP contribution in [-0.2, 0) is 6.18 Å². The number of rotatable bonds is 2. The molecule has 2 N–H and O–H groups in total. The summed E-state index contributed by atoms with van der Waals surface area (Å²) < 4.78 is 37.6. The molecule has 2 heterocycles. The Hall–Kier alpha value is -2.09. The summed E-state index contributed by atoms with van der Waals surface area (Å²) in [5, 5.41) is 6.72. The van der Waals surface area contributed by atoms with Crippen molar-refractivity contribution in [3.63, 3.8) is 0 Å². The van der Waals surface area contributed by atoms with Crippen molar-refractivity contribution in [2.45, 2.75) is 12.2 Å². The van der Waals surface area contributed by atoms with Gasteiger partial charge in [0.15, 0.2) is 5.69 Å². The van der Waals surface area contributed by atoms with Gasteiger partial charge in [0, 0.05) is 17.5 Å². The Morgan fingerprint density at radius 1 is 1.24 bits per heavy atom. The molecular weight excluding hydrogens is 303 g/mol. The first-order valence-corrected chi connectivity index (χ1v) is 6.99. The second-order valence-corrected chi connectivity index (χ2v) is 5.42. The molecule has 0 spiro atoms. The number of hydrogen-bond donors (Lipinski definition) is 2. The average Bonchev–Trinajstić information content (AvgIpc) is 3.07. The lowest BCUT2D eigenvalue weighted by Gasteiger charge is -2.09. The van der Waals surface area contributed by atoms with Crippen LogP contribution in [0.5, 0.6) is 0 Å². The van der Waals surface area contributed by atoms with E-state index < -0.39 is 11.9 Å². The smallest absolute Gasteiger partial charge is 0.336 e. The Morgan fingerprint density at radius 3 is 2.48 bits per heavy atom. The molecule has 1 saturated heterocycles. The molecular formula is C13H10F3N3OS. The number of halogens is 3. The number of aromatic nitrogens is 1. The van der Waals surface area contributed by atoms with Crippen LogP contribution in [0.25, 0.3) is 10.6 Å². The predicted molar refractivity (Wildman–Crippen MR) is 71.8 cm³/mol. The highest BCUT2D eigenvalue weighted by atomic mass is 32.1. The highest BCUT2D eigenvalue weighted by Crippen LogP contribution is 2.33. The van der Waals surface area contributed by atoms with Crippen molar-refractivity contribution in [3.8, 4) is 10.6 Å². The standard InChI is InChI=1S/C13H10F3N3OS/c14-13(15,16)10-6-21-11(19-10)8-3-1-7(2-4-8)9-5-17-12(20)18-9/h1-4,6,9H,5H2,(H2,17,18,20). The van der Waals surface area contributed by atoms with Crippen molar-refractivity contribution in [2.24, 2.45) is 0 Å². The van der Waals surface area contributed by atoms with Crippen molar-refractivity contribution < 1.29 is 18.0 Å². The van der Waals surface area contributed by atoms with Gasteiger partial charge < -0.3 is 10.6 Å². The quantitative estimate of drug-likeness (QED) is 0.894. The van der Waals surface area contributed by atoms with Crippen LogP contribution in [0.15, 0.2) is 29.6 Å². The zero-order chi connectivity index (χ0) is 15.0. The molecule has 4 nitrogen and oxygen atoms in total. The Kier molecular flexibility index (Phi) is 3.32. The van der Waals surface area contributed by atoms with Crippen molar-refractivity contribution in [2.75, 3.05) is 6.54 Å². The van der Waals surface area contributed by atoms with Gasteiger partial charge in [-0.3, -0.25) is 0 Å². The second kappa shape index (κ2) is 5.03. The average molecular weight is 313 g/mol. The van der Waals surface area contributed by atoms with E-state index in [1.165, 1.54) is 0 Å². The third-order valence-electron chi connectivity index (χ3n) is 3.13. The molecule has 2 aromatic rings.